The van der Waals surface area contributed by atoms with Crippen molar-refractivity contribution in [2.24, 2.45) is 17.3 Å². The van der Waals surface area contributed by atoms with Crippen molar-refractivity contribution in [2.75, 3.05) is 38.7 Å². The number of anilines is 1. The predicted molar refractivity (Wildman–Crippen MR) is 146 cm³/mol. The number of rotatable bonds is 8. The van der Waals surface area contributed by atoms with Gasteiger partial charge in [-0.2, -0.15) is 0 Å². The molecule has 7 N–H and O–H groups in total. The van der Waals surface area contributed by atoms with Crippen molar-refractivity contribution in [2.45, 2.75) is 32.3 Å². The number of aryl methyl sites for hydroxylation is 1. The Balaban J connectivity index is 1.54. The molecule has 3 rings (SSSR count). The topological polar surface area (TPSA) is 106 Å². The van der Waals surface area contributed by atoms with E-state index in [1.807, 2.05) is 74.6 Å². The van der Waals surface area contributed by atoms with E-state index < -0.39 is 0 Å². The van der Waals surface area contributed by atoms with Crippen molar-refractivity contribution in [1.82, 2.24) is 10.3 Å². The highest BCUT2D eigenvalue weighted by Crippen LogP contribution is 2.17. The van der Waals surface area contributed by atoms with E-state index >= 15 is 0 Å². The maximum absolute atomic E-state index is 6.30. The van der Waals surface area contributed by atoms with E-state index in [0.29, 0.717) is 17.9 Å². The fourth-order valence-electron chi connectivity index (χ4n) is 3.90. The summed E-state index contributed by atoms with van der Waals surface area (Å²) >= 11 is 0. The Labute approximate surface area is 209 Å². The molecular weight excluding hydrogens is 436 g/mol. The van der Waals surface area contributed by atoms with Gasteiger partial charge >= 0.3 is 0 Å². The molecule has 2 aromatic rings. The number of benzene rings is 2. The van der Waals surface area contributed by atoms with Crippen LogP contribution >= 0.6 is 0 Å². The molecule has 0 bridgehead atoms. The lowest BCUT2D eigenvalue weighted by Crippen LogP contribution is -2.29. The normalized spacial score (nSPS) is 16.3. The molecule has 7 nitrogen and oxygen atoms in total. The number of nitrogens with one attached hydrogen (secondary N) is 1. The average molecular weight is 475 g/mol. The Hall–Kier alpha value is -3.60. The van der Waals surface area contributed by atoms with Crippen LogP contribution in [0.4, 0.5) is 5.69 Å². The molecule has 0 spiro atoms. The van der Waals surface area contributed by atoms with Gasteiger partial charge in [0.1, 0.15) is 0 Å². The molecule has 0 saturated carbocycles. The number of ether oxygens (including phenoxy) is 1. The zero-order chi connectivity index (χ0) is 25.2. The molecule has 186 valence electrons. The minimum Gasteiger partial charge on any atom is -0.397 e. The lowest BCUT2D eigenvalue weighted by Gasteiger charge is -2.22. The Morgan fingerprint density at radius 1 is 1.11 bits per heavy atom. The van der Waals surface area contributed by atoms with Gasteiger partial charge in [0.05, 0.1) is 24.0 Å². The summed E-state index contributed by atoms with van der Waals surface area (Å²) in [6.07, 6.45) is 7.31. The zero-order valence-electron chi connectivity index (χ0n) is 21.1. The standard InChI is InChI=1S/C28H38N6O/c1-21-17-22(9-14-26(21)27(29)19-32-18-25-8-4-5-16-35-25)7-6-15-34(31)20-28(30)23-10-12-24(13-11-23)33(2)3/h9-14,17,19-20,25,32H,4-5,8,15-16,18,29-31H2,1-3H3/b27-19-,28-20-. The van der Waals surface area contributed by atoms with Gasteiger partial charge in [0, 0.05) is 56.5 Å². The van der Waals surface area contributed by atoms with Crippen LogP contribution in [0.1, 0.15) is 41.5 Å². The van der Waals surface area contributed by atoms with E-state index in [1.54, 1.807) is 6.20 Å². The third-order valence-electron chi connectivity index (χ3n) is 5.93. The summed E-state index contributed by atoms with van der Waals surface area (Å²) in [4.78, 5) is 2.04. The van der Waals surface area contributed by atoms with Crippen molar-refractivity contribution in [3.8, 4) is 11.8 Å². The summed E-state index contributed by atoms with van der Waals surface area (Å²) in [5.74, 6) is 12.3. The zero-order valence-corrected chi connectivity index (χ0v) is 21.1. The first-order valence-electron chi connectivity index (χ1n) is 12.0. The summed E-state index contributed by atoms with van der Waals surface area (Å²) in [6, 6.07) is 14.0. The second kappa shape index (κ2) is 12.7. The van der Waals surface area contributed by atoms with E-state index in [2.05, 4.69) is 17.2 Å². The van der Waals surface area contributed by atoms with E-state index in [1.165, 1.54) is 11.4 Å². The van der Waals surface area contributed by atoms with E-state index in [0.717, 1.165) is 53.9 Å². The highest BCUT2D eigenvalue weighted by atomic mass is 16.5. The van der Waals surface area contributed by atoms with Crippen molar-refractivity contribution < 1.29 is 4.74 Å². The van der Waals surface area contributed by atoms with E-state index in [-0.39, 0.29) is 6.10 Å². The molecule has 0 aliphatic carbocycles. The van der Waals surface area contributed by atoms with Gasteiger partial charge in [-0.15, -0.1) is 0 Å². The van der Waals surface area contributed by atoms with Gasteiger partial charge in [0.25, 0.3) is 0 Å². The molecule has 1 atom stereocenters. The second-order valence-corrected chi connectivity index (χ2v) is 9.03. The lowest BCUT2D eigenvalue weighted by molar-refractivity contribution is 0.0188. The van der Waals surface area contributed by atoms with Gasteiger partial charge in [-0.05, 0) is 61.6 Å². The maximum Gasteiger partial charge on any atom is 0.0948 e. The molecule has 35 heavy (non-hydrogen) atoms. The molecule has 1 heterocycles. The van der Waals surface area contributed by atoms with E-state index in [9.17, 15) is 0 Å². The first-order chi connectivity index (χ1) is 16.8. The van der Waals surface area contributed by atoms with Crippen LogP contribution < -0.4 is 27.5 Å². The SMILES string of the molecule is Cc1cc(C#CCN(N)/C=C(\N)c2ccc(N(C)C)cc2)ccc1/C(N)=C/NCC1CCCCO1. The summed E-state index contributed by atoms with van der Waals surface area (Å²) in [6.45, 7) is 4.01. The minimum absolute atomic E-state index is 0.266. The predicted octanol–water partition coefficient (Wildman–Crippen LogP) is 2.96. The molecule has 0 aromatic heterocycles. The van der Waals surface area contributed by atoms with Gasteiger partial charge < -0.3 is 31.4 Å². The number of hydrogen-bond acceptors (Lipinski definition) is 7. The van der Waals surface area contributed by atoms with Crippen molar-refractivity contribution in [1.29, 1.82) is 0 Å². The summed E-state index contributed by atoms with van der Waals surface area (Å²) in [5, 5.41) is 4.79. The van der Waals surface area contributed by atoms with Crippen molar-refractivity contribution >= 4 is 17.1 Å². The van der Waals surface area contributed by atoms with Crippen LogP contribution in [0, 0.1) is 18.8 Å². The largest absolute Gasteiger partial charge is 0.397 e. The molecule has 1 saturated heterocycles. The molecule has 1 fully saturated rings. The lowest BCUT2D eigenvalue weighted by atomic mass is 10.0. The number of nitrogens with two attached hydrogens (primary N) is 3. The van der Waals surface area contributed by atoms with Crippen LogP contribution in [0.2, 0.25) is 0 Å². The summed E-state index contributed by atoms with van der Waals surface area (Å²) in [7, 11) is 4.00. The van der Waals surface area contributed by atoms with Crippen LogP contribution in [0.3, 0.4) is 0 Å². The Bertz CT molecular complexity index is 1090. The van der Waals surface area contributed by atoms with Gasteiger partial charge in [0.2, 0.25) is 0 Å². The molecule has 2 aromatic carbocycles. The van der Waals surface area contributed by atoms with Crippen LogP contribution in [-0.2, 0) is 4.74 Å². The maximum atomic E-state index is 6.30. The highest BCUT2D eigenvalue weighted by Gasteiger charge is 2.12. The first-order valence-corrected chi connectivity index (χ1v) is 12.0. The quantitative estimate of drug-likeness (QED) is 0.265. The van der Waals surface area contributed by atoms with Gasteiger partial charge in [-0.25, -0.2) is 5.84 Å². The highest BCUT2D eigenvalue weighted by molar-refractivity contribution is 5.66. The van der Waals surface area contributed by atoms with E-state index in [4.69, 9.17) is 22.0 Å². The molecule has 1 aliphatic rings. The summed E-state index contributed by atoms with van der Waals surface area (Å²) in [5.41, 5.74) is 18.8. The fraction of sp³-hybridized carbons (Fsp3) is 0.357. The minimum atomic E-state index is 0.266. The van der Waals surface area contributed by atoms with Gasteiger partial charge in [0.15, 0.2) is 0 Å². The van der Waals surface area contributed by atoms with Crippen LogP contribution in [0.15, 0.2) is 54.9 Å². The number of nitrogens with zero attached hydrogens (tertiary/aromatic N) is 2. The Morgan fingerprint density at radius 2 is 1.89 bits per heavy atom. The number of hydrazine groups is 1. The first kappa shape index (κ1) is 26.0. The third-order valence-corrected chi connectivity index (χ3v) is 5.93. The monoisotopic (exact) mass is 474 g/mol. The summed E-state index contributed by atoms with van der Waals surface area (Å²) < 4.78 is 5.74. The van der Waals surface area contributed by atoms with Gasteiger partial charge in [-0.3, -0.25) is 0 Å². The molecule has 0 radical (unpaired) electrons. The van der Waals surface area contributed by atoms with Crippen molar-refractivity contribution in [3.05, 3.63) is 77.1 Å². The van der Waals surface area contributed by atoms with Crippen molar-refractivity contribution in [3.63, 3.8) is 0 Å². The number of hydrogen-bond donors (Lipinski definition) is 4. The van der Waals surface area contributed by atoms with Crippen LogP contribution in [-0.4, -0.2) is 44.9 Å². The fourth-order valence-corrected chi connectivity index (χ4v) is 3.90. The Kier molecular flexibility index (Phi) is 9.47. The van der Waals surface area contributed by atoms with Crippen LogP contribution in [0.25, 0.3) is 11.4 Å². The van der Waals surface area contributed by atoms with Gasteiger partial charge in [-0.1, -0.05) is 30.0 Å². The average Bonchev–Trinajstić information content (AvgIpc) is 2.84. The molecule has 1 aliphatic heterocycles. The smallest absolute Gasteiger partial charge is 0.0948 e. The molecule has 7 heteroatoms. The third kappa shape index (κ3) is 7.99. The van der Waals surface area contributed by atoms with Crippen LogP contribution in [0.5, 0.6) is 0 Å². The molecular formula is C28H38N6O. The second-order valence-electron chi connectivity index (χ2n) is 9.03. The molecule has 1 unspecified atom stereocenters. The Morgan fingerprint density at radius 3 is 2.54 bits per heavy atom. The molecule has 0 amide bonds.